The molecule has 0 amide bonds. The molecule has 0 saturated heterocycles. The van der Waals surface area contributed by atoms with Crippen molar-refractivity contribution in [1.82, 2.24) is 19.4 Å². The van der Waals surface area contributed by atoms with Crippen LogP contribution in [0.2, 0.25) is 0 Å². The minimum Gasteiger partial charge on any atom is -0.323 e. The van der Waals surface area contributed by atoms with Crippen molar-refractivity contribution in [1.29, 1.82) is 0 Å². The number of benzene rings is 1. The fourth-order valence-corrected chi connectivity index (χ4v) is 2.96. The zero-order chi connectivity index (χ0) is 13.4. The van der Waals surface area contributed by atoms with E-state index in [0.717, 1.165) is 27.2 Å². The van der Waals surface area contributed by atoms with E-state index >= 15 is 0 Å². The second-order valence-corrected chi connectivity index (χ2v) is 5.41. The molecule has 0 saturated carbocycles. The van der Waals surface area contributed by atoms with Gasteiger partial charge in [-0.15, -0.1) is 5.10 Å². The van der Waals surface area contributed by atoms with Crippen molar-refractivity contribution in [3.05, 3.63) is 40.5 Å². The maximum Gasteiger partial charge on any atom is 0.0772 e. The lowest BCUT2D eigenvalue weighted by Gasteiger charge is -2.07. The highest BCUT2D eigenvalue weighted by molar-refractivity contribution is 7.05. The molecule has 2 N–H and O–H groups in total. The first kappa shape index (κ1) is 12.3. The highest BCUT2D eigenvalue weighted by Crippen LogP contribution is 2.25. The molecule has 19 heavy (non-hydrogen) atoms. The van der Waals surface area contributed by atoms with Gasteiger partial charge in [0.05, 0.1) is 21.8 Å². The fraction of sp³-hybridized carbons (Fsp3) is 0.308. The molecule has 0 aliphatic carbocycles. The van der Waals surface area contributed by atoms with Crippen molar-refractivity contribution in [2.75, 3.05) is 0 Å². The number of nitrogens with two attached hydrogens (primary N) is 1. The van der Waals surface area contributed by atoms with Crippen molar-refractivity contribution < 1.29 is 0 Å². The molecule has 1 aromatic carbocycles. The number of aromatic nitrogens is 4. The van der Waals surface area contributed by atoms with Gasteiger partial charge in [0.15, 0.2) is 0 Å². The van der Waals surface area contributed by atoms with Gasteiger partial charge >= 0.3 is 0 Å². The SMILES string of the molecule is Cc1nnsc1C(N)Cc1nn(C)c2ccccc12. The summed E-state index contributed by atoms with van der Waals surface area (Å²) in [4.78, 5) is 1.04. The van der Waals surface area contributed by atoms with Crippen LogP contribution < -0.4 is 5.73 Å². The van der Waals surface area contributed by atoms with E-state index in [9.17, 15) is 0 Å². The Morgan fingerprint density at radius 3 is 2.89 bits per heavy atom. The fourth-order valence-electron chi connectivity index (χ4n) is 2.32. The molecule has 1 unspecified atom stereocenters. The average Bonchev–Trinajstić information content (AvgIpc) is 2.95. The summed E-state index contributed by atoms with van der Waals surface area (Å²) >= 11 is 1.37. The van der Waals surface area contributed by atoms with Crippen molar-refractivity contribution >= 4 is 22.4 Å². The minimum atomic E-state index is -0.0988. The summed E-state index contributed by atoms with van der Waals surface area (Å²) in [5.74, 6) is 0. The summed E-state index contributed by atoms with van der Waals surface area (Å²) in [7, 11) is 1.96. The number of nitrogens with zero attached hydrogens (tertiary/aromatic N) is 4. The number of hydrogen-bond acceptors (Lipinski definition) is 5. The number of fused-ring (bicyclic) bond motifs is 1. The summed E-state index contributed by atoms with van der Waals surface area (Å²) in [6, 6.07) is 8.10. The first-order valence-electron chi connectivity index (χ1n) is 6.12. The van der Waals surface area contributed by atoms with Crippen LogP contribution in [0.4, 0.5) is 0 Å². The van der Waals surface area contributed by atoms with Gasteiger partial charge in [-0.05, 0) is 24.5 Å². The smallest absolute Gasteiger partial charge is 0.0772 e. The normalized spacial score (nSPS) is 13.0. The molecule has 6 heteroatoms. The monoisotopic (exact) mass is 273 g/mol. The Balaban J connectivity index is 1.96. The van der Waals surface area contributed by atoms with Gasteiger partial charge in [0, 0.05) is 24.9 Å². The molecule has 2 aromatic heterocycles. The molecule has 1 atom stereocenters. The number of rotatable bonds is 3. The topological polar surface area (TPSA) is 69.6 Å². The highest BCUT2D eigenvalue weighted by Gasteiger charge is 2.17. The van der Waals surface area contributed by atoms with Crippen LogP contribution in [-0.4, -0.2) is 19.4 Å². The van der Waals surface area contributed by atoms with Gasteiger partial charge in [0.2, 0.25) is 0 Å². The quantitative estimate of drug-likeness (QED) is 0.792. The Hall–Kier alpha value is -1.79. The lowest BCUT2D eigenvalue weighted by atomic mass is 10.1. The van der Waals surface area contributed by atoms with E-state index in [-0.39, 0.29) is 6.04 Å². The van der Waals surface area contributed by atoms with Crippen molar-refractivity contribution in [3.8, 4) is 0 Å². The van der Waals surface area contributed by atoms with Crippen LogP contribution in [-0.2, 0) is 13.5 Å². The van der Waals surface area contributed by atoms with Crippen LogP contribution in [0.3, 0.4) is 0 Å². The molecule has 3 rings (SSSR count). The molecule has 0 aliphatic rings. The lowest BCUT2D eigenvalue weighted by Crippen LogP contribution is -2.13. The molecule has 98 valence electrons. The summed E-state index contributed by atoms with van der Waals surface area (Å²) in [5, 5.41) is 9.74. The van der Waals surface area contributed by atoms with Gasteiger partial charge in [-0.3, -0.25) is 4.68 Å². The summed E-state index contributed by atoms with van der Waals surface area (Å²) in [5.41, 5.74) is 9.32. The van der Waals surface area contributed by atoms with Crippen molar-refractivity contribution in [2.45, 2.75) is 19.4 Å². The first-order valence-corrected chi connectivity index (χ1v) is 6.89. The molecule has 0 spiro atoms. The third-order valence-electron chi connectivity index (χ3n) is 3.27. The Morgan fingerprint density at radius 2 is 2.16 bits per heavy atom. The van der Waals surface area contributed by atoms with E-state index in [1.54, 1.807) is 0 Å². The number of aryl methyl sites for hydroxylation is 2. The number of para-hydroxylation sites is 1. The summed E-state index contributed by atoms with van der Waals surface area (Å²) < 4.78 is 5.84. The maximum absolute atomic E-state index is 6.25. The van der Waals surface area contributed by atoms with Crippen LogP contribution in [0.1, 0.15) is 22.3 Å². The van der Waals surface area contributed by atoms with E-state index in [1.165, 1.54) is 11.5 Å². The van der Waals surface area contributed by atoms with E-state index < -0.39 is 0 Å². The Kier molecular flexibility index (Phi) is 3.04. The van der Waals surface area contributed by atoms with Gasteiger partial charge in [-0.2, -0.15) is 5.10 Å². The van der Waals surface area contributed by atoms with Gasteiger partial charge in [0.1, 0.15) is 0 Å². The zero-order valence-electron chi connectivity index (χ0n) is 10.9. The molecule has 0 radical (unpaired) electrons. The first-order chi connectivity index (χ1) is 9.16. The summed E-state index contributed by atoms with van der Waals surface area (Å²) in [6.45, 7) is 1.94. The standard InChI is InChI=1S/C13H15N5S/c1-8-13(19-17-15-8)10(14)7-11-9-5-3-4-6-12(9)18(2)16-11/h3-6,10H,7,14H2,1-2H3. The molecule has 2 heterocycles. The van der Waals surface area contributed by atoms with E-state index in [0.29, 0.717) is 6.42 Å². The Morgan fingerprint density at radius 1 is 1.37 bits per heavy atom. The predicted octanol–water partition coefficient (Wildman–Crippen LogP) is 1.98. The van der Waals surface area contributed by atoms with E-state index in [4.69, 9.17) is 5.73 Å². The van der Waals surface area contributed by atoms with E-state index in [1.807, 2.05) is 30.8 Å². The van der Waals surface area contributed by atoms with E-state index in [2.05, 4.69) is 26.8 Å². The molecule has 0 bridgehead atoms. The third kappa shape index (κ3) is 2.13. The molecule has 3 aromatic rings. The molecule has 0 aliphatic heterocycles. The second kappa shape index (κ2) is 4.71. The van der Waals surface area contributed by atoms with Gasteiger partial charge in [-0.1, -0.05) is 22.7 Å². The molecule has 0 fully saturated rings. The predicted molar refractivity (Wildman–Crippen MR) is 76.0 cm³/mol. The Labute approximate surface area is 115 Å². The zero-order valence-corrected chi connectivity index (χ0v) is 11.7. The van der Waals surface area contributed by atoms with Crippen molar-refractivity contribution in [2.24, 2.45) is 12.8 Å². The van der Waals surface area contributed by atoms with Crippen LogP contribution >= 0.6 is 11.5 Å². The van der Waals surface area contributed by atoms with Crippen LogP contribution in [0, 0.1) is 6.92 Å². The Bertz CT molecular complexity index is 715. The maximum atomic E-state index is 6.25. The van der Waals surface area contributed by atoms with Crippen LogP contribution in [0.5, 0.6) is 0 Å². The molecular weight excluding hydrogens is 258 g/mol. The molecular formula is C13H15N5S. The van der Waals surface area contributed by atoms with Crippen LogP contribution in [0.15, 0.2) is 24.3 Å². The van der Waals surface area contributed by atoms with Crippen LogP contribution in [0.25, 0.3) is 10.9 Å². The van der Waals surface area contributed by atoms with Gasteiger partial charge in [0.25, 0.3) is 0 Å². The lowest BCUT2D eigenvalue weighted by molar-refractivity contribution is 0.686. The van der Waals surface area contributed by atoms with Gasteiger partial charge in [-0.25, -0.2) is 0 Å². The molecule has 5 nitrogen and oxygen atoms in total. The number of hydrogen-bond donors (Lipinski definition) is 1. The van der Waals surface area contributed by atoms with Gasteiger partial charge < -0.3 is 5.73 Å². The summed E-state index contributed by atoms with van der Waals surface area (Å²) in [6.07, 6.45) is 0.700. The largest absolute Gasteiger partial charge is 0.323 e. The average molecular weight is 273 g/mol. The highest BCUT2D eigenvalue weighted by atomic mass is 32.1. The second-order valence-electron chi connectivity index (χ2n) is 4.62. The third-order valence-corrected chi connectivity index (χ3v) is 4.23. The van der Waals surface area contributed by atoms with Crippen molar-refractivity contribution in [3.63, 3.8) is 0 Å². The minimum absolute atomic E-state index is 0.0988.